The molecule has 0 aromatic heterocycles. The van der Waals surface area contributed by atoms with Gasteiger partial charge in [0, 0.05) is 37.8 Å². The third-order valence-electron chi connectivity index (χ3n) is 4.69. The van der Waals surface area contributed by atoms with Crippen LogP contribution >= 0.6 is 11.6 Å². The van der Waals surface area contributed by atoms with Gasteiger partial charge in [0.25, 0.3) is 0 Å². The molecule has 0 unspecified atom stereocenters. The smallest absolute Gasteiger partial charge is 0.179 e. The number of likely N-dealkylation sites (tertiary alicyclic amines) is 1. The van der Waals surface area contributed by atoms with Gasteiger partial charge in [0.15, 0.2) is 11.5 Å². The zero-order valence-electron chi connectivity index (χ0n) is 15.6. The van der Waals surface area contributed by atoms with Crippen molar-refractivity contribution in [3.63, 3.8) is 0 Å². The van der Waals surface area contributed by atoms with Crippen LogP contribution in [0, 0.1) is 11.6 Å². The maximum atomic E-state index is 13.3. The minimum Gasteiger partial charge on any atom is -0.493 e. The van der Waals surface area contributed by atoms with Crippen LogP contribution in [0.5, 0.6) is 17.2 Å². The molecular formula is C20H22ClF2NO4. The minimum atomic E-state index is -0.806. The first-order valence-electron chi connectivity index (χ1n) is 8.83. The Morgan fingerprint density at radius 1 is 1.14 bits per heavy atom. The van der Waals surface area contributed by atoms with Gasteiger partial charge >= 0.3 is 0 Å². The number of aliphatic hydroxyl groups excluding tert-OH is 1. The van der Waals surface area contributed by atoms with Crippen molar-refractivity contribution >= 4 is 11.6 Å². The number of rotatable bonds is 6. The first-order chi connectivity index (χ1) is 13.4. The molecule has 1 fully saturated rings. The van der Waals surface area contributed by atoms with E-state index < -0.39 is 23.8 Å². The van der Waals surface area contributed by atoms with Crippen molar-refractivity contribution in [2.45, 2.75) is 25.2 Å². The minimum absolute atomic E-state index is 0.0675. The molecule has 1 heterocycles. The summed E-state index contributed by atoms with van der Waals surface area (Å²) >= 11 is 6.42. The average Bonchev–Trinajstić information content (AvgIpc) is 2.64. The van der Waals surface area contributed by atoms with E-state index in [4.69, 9.17) is 25.8 Å². The molecular weight excluding hydrogens is 392 g/mol. The van der Waals surface area contributed by atoms with Crippen molar-refractivity contribution in [1.82, 2.24) is 4.90 Å². The molecule has 1 aliphatic rings. The summed E-state index contributed by atoms with van der Waals surface area (Å²) in [5.41, 5.74) is 0.845. The molecule has 0 saturated carbocycles. The lowest BCUT2D eigenvalue weighted by atomic mass is 10.0. The molecule has 3 rings (SSSR count). The lowest BCUT2D eigenvalue weighted by Gasteiger charge is -2.36. The highest BCUT2D eigenvalue weighted by atomic mass is 35.5. The van der Waals surface area contributed by atoms with Crippen LogP contribution in [0.15, 0.2) is 30.3 Å². The molecule has 2 atom stereocenters. The summed E-state index contributed by atoms with van der Waals surface area (Å²) in [6.07, 6.45) is -0.846. The van der Waals surface area contributed by atoms with E-state index in [1.54, 1.807) is 13.2 Å². The summed E-state index contributed by atoms with van der Waals surface area (Å²) in [5.74, 6) is -0.354. The molecule has 2 aromatic carbocycles. The molecule has 0 radical (unpaired) electrons. The van der Waals surface area contributed by atoms with E-state index in [2.05, 4.69) is 0 Å². The average molecular weight is 414 g/mol. The molecule has 1 N–H and O–H groups in total. The number of hydrogen-bond acceptors (Lipinski definition) is 5. The quantitative estimate of drug-likeness (QED) is 0.783. The fraction of sp³-hybridized carbons (Fsp3) is 0.400. The van der Waals surface area contributed by atoms with Gasteiger partial charge in [-0.2, -0.15) is 0 Å². The van der Waals surface area contributed by atoms with E-state index >= 15 is 0 Å². The maximum Gasteiger partial charge on any atom is 0.179 e. The number of nitrogens with zero attached hydrogens (tertiary/aromatic N) is 1. The molecule has 1 saturated heterocycles. The number of methoxy groups -OCH3 is 2. The second-order valence-corrected chi connectivity index (χ2v) is 7.00. The Morgan fingerprint density at radius 2 is 1.86 bits per heavy atom. The molecule has 0 spiro atoms. The van der Waals surface area contributed by atoms with E-state index in [9.17, 15) is 13.9 Å². The van der Waals surface area contributed by atoms with Crippen LogP contribution in [0.3, 0.4) is 0 Å². The molecule has 0 aliphatic carbocycles. The van der Waals surface area contributed by atoms with E-state index in [0.717, 1.165) is 23.8 Å². The molecule has 0 bridgehead atoms. The zero-order chi connectivity index (χ0) is 20.3. The summed E-state index contributed by atoms with van der Waals surface area (Å²) in [7, 11) is 3.06. The van der Waals surface area contributed by atoms with Crippen LogP contribution in [0.4, 0.5) is 8.78 Å². The highest BCUT2D eigenvalue weighted by Crippen LogP contribution is 2.38. The molecule has 0 amide bonds. The van der Waals surface area contributed by atoms with Crippen molar-refractivity contribution in [3.05, 3.63) is 52.6 Å². The van der Waals surface area contributed by atoms with Gasteiger partial charge in [-0.1, -0.05) is 17.7 Å². The predicted molar refractivity (Wildman–Crippen MR) is 101 cm³/mol. The number of β-amino-alcohol motifs (C(OH)–C–C–N with tert-alkyl or cyclic N) is 1. The predicted octanol–water partition coefficient (Wildman–Crippen LogP) is 3.65. The van der Waals surface area contributed by atoms with Gasteiger partial charge in [0.1, 0.15) is 29.6 Å². The Kier molecular flexibility index (Phi) is 6.59. The second kappa shape index (κ2) is 8.94. The number of piperidine rings is 1. The maximum absolute atomic E-state index is 13.3. The van der Waals surface area contributed by atoms with Crippen molar-refractivity contribution in [2.75, 3.05) is 27.3 Å². The Balaban J connectivity index is 1.64. The number of ether oxygens (including phenoxy) is 3. The van der Waals surface area contributed by atoms with Crippen LogP contribution in [0.25, 0.3) is 0 Å². The van der Waals surface area contributed by atoms with Crippen LogP contribution in [-0.2, 0) is 6.54 Å². The van der Waals surface area contributed by atoms with E-state index in [0.29, 0.717) is 42.6 Å². The summed E-state index contributed by atoms with van der Waals surface area (Å²) in [6.45, 7) is 1.48. The fourth-order valence-corrected chi connectivity index (χ4v) is 3.61. The van der Waals surface area contributed by atoms with Gasteiger partial charge in [-0.3, -0.25) is 4.90 Å². The van der Waals surface area contributed by atoms with E-state index in [1.807, 2.05) is 11.0 Å². The summed E-state index contributed by atoms with van der Waals surface area (Å²) < 4.78 is 42.8. The molecule has 2 aromatic rings. The monoisotopic (exact) mass is 413 g/mol. The first kappa shape index (κ1) is 20.6. The number of aliphatic hydroxyl groups is 1. The number of halogens is 3. The van der Waals surface area contributed by atoms with Crippen molar-refractivity contribution in [3.8, 4) is 17.2 Å². The van der Waals surface area contributed by atoms with Gasteiger partial charge < -0.3 is 19.3 Å². The lowest BCUT2D eigenvalue weighted by Crippen LogP contribution is -2.48. The van der Waals surface area contributed by atoms with Crippen molar-refractivity contribution < 1.29 is 28.1 Å². The van der Waals surface area contributed by atoms with Gasteiger partial charge in [0.05, 0.1) is 19.2 Å². The Morgan fingerprint density at radius 3 is 2.46 bits per heavy atom. The van der Waals surface area contributed by atoms with Crippen LogP contribution in [0.2, 0.25) is 5.02 Å². The van der Waals surface area contributed by atoms with E-state index in [-0.39, 0.29) is 5.75 Å². The van der Waals surface area contributed by atoms with Crippen molar-refractivity contribution in [1.29, 1.82) is 0 Å². The highest BCUT2D eigenvalue weighted by Gasteiger charge is 2.30. The molecule has 28 heavy (non-hydrogen) atoms. The molecule has 152 valence electrons. The van der Waals surface area contributed by atoms with Gasteiger partial charge in [-0.15, -0.1) is 0 Å². The first-order valence-corrected chi connectivity index (χ1v) is 9.21. The van der Waals surface area contributed by atoms with Crippen molar-refractivity contribution in [2.24, 2.45) is 0 Å². The van der Waals surface area contributed by atoms with Gasteiger partial charge in [0.2, 0.25) is 0 Å². The number of benzene rings is 2. The SMILES string of the molecule is COc1ccc(CN2CC[C@@H](Oc3cc(F)cc(F)c3)[C@H](O)C2)c(Cl)c1OC. The van der Waals surface area contributed by atoms with Crippen LogP contribution < -0.4 is 14.2 Å². The highest BCUT2D eigenvalue weighted by molar-refractivity contribution is 6.33. The topological polar surface area (TPSA) is 51.2 Å². The summed E-state index contributed by atoms with van der Waals surface area (Å²) in [5, 5.41) is 10.9. The molecule has 1 aliphatic heterocycles. The van der Waals surface area contributed by atoms with Crippen LogP contribution in [-0.4, -0.2) is 49.5 Å². The summed E-state index contributed by atoms with van der Waals surface area (Å²) in [4.78, 5) is 2.03. The van der Waals surface area contributed by atoms with E-state index in [1.165, 1.54) is 7.11 Å². The standard InChI is InChI=1S/C20H22ClF2NO4/c1-26-18-4-3-12(19(21)20(18)27-2)10-24-6-5-17(16(25)11-24)28-15-8-13(22)7-14(23)9-15/h3-4,7-9,16-17,25H,5-6,10-11H2,1-2H3/t16-,17-/m1/s1. The molecule has 8 heteroatoms. The van der Waals surface area contributed by atoms with Crippen LogP contribution in [0.1, 0.15) is 12.0 Å². The second-order valence-electron chi connectivity index (χ2n) is 6.63. The van der Waals surface area contributed by atoms with Gasteiger partial charge in [-0.05, 0) is 18.1 Å². The summed E-state index contributed by atoms with van der Waals surface area (Å²) in [6, 6.07) is 6.62. The third kappa shape index (κ3) is 4.66. The molecule has 5 nitrogen and oxygen atoms in total. The Labute approximate surface area is 167 Å². The largest absolute Gasteiger partial charge is 0.493 e. The zero-order valence-corrected chi connectivity index (χ0v) is 16.4. The third-order valence-corrected chi connectivity index (χ3v) is 5.10. The Bertz CT molecular complexity index is 816. The normalized spacial score (nSPS) is 20.1. The number of hydrogen-bond donors (Lipinski definition) is 1. The Hall–Kier alpha value is -2.09. The fourth-order valence-electron chi connectivity index (χ4n) is 3.32. The van der Waals surface area contributed by atoms with Gasteiger partial charge in [-0.25, -0.2) is 8.78 Å². The lowest BCUT2D eigenvalue weighted by molar-refractivity contribution is -0.0277.